The van der Waals surface area contributed by atoms with Crippen LogP contribution in [0.25, 0.3) is 0 Å². The van der Waals surface area contributed by atoms with Gasteiger partial charge >= 0.3 is 18.2 Å². The summed E-state index contributed by atoms with van der Waals surface area (Å²) >= 11 is 0. The van der Waals surface area contributed by atoms with Crippen molar-refractivity contribution >= 4 is 24.1 Å². The molecular weight excluding hydrogens is 258 g/mol. The van der Waals surface area contributed by atoms with Gasteiger partial charge < -0.3 is 19.8 Å². The fraction of sp³-hybridized carbons (Fsp3) is 0.400. The highest BCUT2D eigenvalue weighted by Gasteiger charge is 2.25. The fourth-order valence-electron chi connectivity index (χ4n) is 1.63. The van der Waals surface area contributed by atoms with E-state index in [1.807, 2.05) is 5.32 Å². The number of nitrogens with one attached hydrogen (secondary N) is 1. The number of aliphatic imine (C=N–C) groups is 1. The van der Waals surface area contributed by atoms with Crippen molar-refractivity contribution in [1.82, 2.24) is 10.2 Å². The summed E-state index contributed by atoms with van der Waals surface area (Å²) in [6, 6.07) is 0. The topological polar surface area (TPSA) is 129 Å². The van der Waals surface area contributed by atoms with Crippen molar-refractivity contribution in [3.05, 3.63) is 11.8 Å². The van der Waals surface area contributed by atoms with E-state index in [-0.39, 0.29) is 5.96 Å². The van der Waals surface area contributed by atoms with Crippen LogP contribution in [-0.2, 0) is 9.53 Å². The maximum absolute atomic E-state index is 11.2. The van der Waals surface area contributed by atoms with Crippen LogP contribution in [0.15, 0.2) is 16.8 Å². The molecule has 1 aliphatic heterocycles. The van der Waals surface area contributed by atoms with E-state index in [2.05, 4.69) is 9.73 Å². The van der Waals surface area contributed by atoms with Crippen molar-refractivity contribution in [2.24, 2.45) is 4.99 Å². The molecule has 1 fully saturated rings. The number of nitrogens with zero attached hydrogens (tertiary/aromatic N) is 2. The molecule has 19 heavy (non-hydrogen) atoms. The van der Waals surface area contributed by atoms with Crippen molar-refractivity contribution < 1.29 is 29.3 Å². The van der Waals surface area contributed by atoms with E-state index in [9.17, 15) is 14.4 Å². The van der Waals surface area contributed by atoms with Crippen molar-refractivity contribution in [1.29, 1.82) is 0 Å². The van der Waals surface area contributed by atoms with Crippen molar-refractivity contribution in [2.45, 2.75) is 12.8 Å². The number of allylic oxidation sites excluding steroid dienone is 1. The van der Waals surface area contributed by atoms with Crippen molar-refractivity contribution in [3.8, 4) is 0 Å². The highest BCUT2D eigenvalue weighted by molar-refractivity contribution is 5.99. The van der Waals surface area contributed by atoms with Crippen LogP contribution in [0.5, 0.6) is 0 Å². The third-order valence-electron chi connectivity index (χ3n) is 2.32. The van der Waals surface area contributed by atoms with Gasteiger partial charge in [-0.3, -0.25) is 5.32 Å². The van der Waals surface area contributed by atoms with E-state index in [0.29, 0.717) is 25.1 Å². The number of likely N-dealkylation sites (tertiary alicyclic amines) is 1. The van der Waals surface area contributed by atoms with Crippen molar-refractivity contribution in [2.75, 3.05) is 13.7 Å². The van der Waals surface area contributed by atoms with Crippen LogP contribution >= 0.6 is 0 Å². The van der Waals surface area contributed by atoms with E-state index >= 15 is 0 Å². The number of ether oxygens (including phenoxy) is 1. The zero-order valence-corrected chi connectivity index (χ0v) is 10.1. The zero-order chi connectivity index (χ0) is 14.4. The second-order valence-electron chi connectivity index (χ2n) is 3.56. The quantitative estimate of drug-likeness (QED) is 0.273. The SMILES string of the molecule is COC(=O)/C=C1\CCCN1/C(=N\C(=O)O)NC(=O)O. The molecule has 1 heterocycles. The lowest BCUT2D eigenvalue weighted by atomic mass is 10.3. The molecule has 9 heteroatoms. The van der Waals surface area contributed by atoms with Gasteiger partial charge in [0.15, 0.2) is 0 Å². The van der Waals surface area contributed by atoms with Gasteiger partial charge in [0, 0.05) is 18.3 Å². The Morgan fingerprint density at radius 3 is 2.63 bits per heavy atom. The van der Waals surface area contributed by atoms with Crippen LogP contribution in [-0.4, -0.2) is 52.9 Å². The van der Waals surface area contributed by atoms with Gasteiger partial charge in [0.25, 0.3) is 0 Å². The standard InChI is InChI=1S/C10H13N3O6/c1-19-7(14)5-6-3-2-4-13(6)8(11-9(15)16)12-10(17)18/h5H,2-4H2,1H3,(H,11,12)(H,15,16)(H,17,18)/b6-5+. The molecule has 3 N–H and O–H groups in total. The normalized spacial score (nSPS) is 17.4. The fourth-order valence-corrected chi connectivity index (χ4v) is 1.63. The average molecular weight is 271 g/mol. The molecule has 104 valence electrons. The van der Waals surface area contributed by atoms with Gasteiger partial charge in [-0.2, -0.15) is 0 Å². The Morgan fingerprint density at radius 2 is 2.11 bits per heavy atom. The molecular formula is C10H13N3O6. The number of hydrogen-bond acceptors (Lipinski definition) is 4. The number of esters is 1. The Morgan fingerprint density at radius 1 is 1.42 bits per heavy atom. The van der Waals surface area contributed by atoms with Crippen LogP contribution in [0.1, 0.15) is 12.8 Å². The monoisotopic (exact) mass is 271 g/mol. The largest absolute Gasteiger partial charge is 0.466 e. The molecule has 0 unspecified atom stereocenters. The Balaban J connectivity index is 3.00. The van der Waals surface area contributed by atoms with Gasteiger partial charge in [0.2, 0.25) is 5.96 Å². The number of methoxy groups -OCH3 is 1. The highest BCUT2D eigenvalue weighted by atomic mass is 16.5. The molecule has 2 amide bonds. The average Bonchev–Trinajstić information content (AvgIpc) is 2.74. The van der Waals surface area contributed by atoms with Crippen LogP contribution in [0.3, 0.4) is 0 Å². The van der Waals surface area contributed by atoms with Gasteiger partial charge in [-0.15, -0.1) is 4.99 Å². The molecule has 1 saturated heterocycles. The third-order valence-corrected chi connectivity index (χ3v) is 2.32. The van der Waals surface area contributed by atoms with E-state index in [1.165, 1.54) is 18.1 Å². The smallest absolute Gasteiger partial charge is 0.434 e. The summed E-state index contributed by atoms with van der Waals surface area (Å²) in [4.78, 5) is 36.8. The van der Waals surface area contributed by atoms with Crippen LogP contribution in [0.2, 0.25) is 0 Å². The molecule has 0 aromatic rings. The number of guanidine groups is 1. The van der Waals surface area contributed by atoms with Gasteiger partial charge in [0.1, 0.15) is 0 Å². The number of rotatable bonds is 1. The molecule has 0 aromatic carbocycles. The number of carbonyl (C=O) groups excluding carboxylic acids is 1. The Bertz CT molecular complexity index is 456. The first-order chi connectivity index (χ1) is 8.93. The highest BCUT2D eigenvalue weighted by Crippen LogP contribution is 2.21. The molecule has 1 aliphatic rings. The molecule has 0 aliphatic carbocycles. The Hall–Kier alpha value is -2.58. The van der Waals surface area contributed by atoms with Crippen LogP contribution in [0.4, 0.5) is 9.59 Å². The molecule has 0 radical (unpaired) electrons. The van der Waals surface area contributed by atoms with E-state index < -0.39 is 18.2 Å². The summed E-state index contributed by atoms with van der Waals surface area (Å²) < 4.78 is 4.47. The minimum Gasteiger partial charge on any atom is -0.466 e. The van der Waals surface area contributed by atoms with Crippen LogP contribution in [0, 0.1) is 0 Å². The second-order valence-corrected chi connectivity index (χ2v) is 3.56. The third kappa shape index (κ3) is 4.30. The Labute approximate surface area is 108 Å². The van der Waals surface area contributed by atoms with Gasteiger partial charge in [0.05, 0.1) is 7.11 Å². The number of carboxylic acid groups (broad SMARTS) is 2. The van der Waals surface area contributed by atoms with E-state index in [4.69, 9.17) is 10.2 Å². The predicted octanol–water partition coefficient (Wildman–Crippen LogP) is 0.441. The molecule has 0 aromatic heterocycles. The molecule has 0 bridgehead atoms. The summed E-state index contributed by atoms with van der Waals surface area (Å²) in [6.07, 6.45) is -0.663. The summed E-state index contributed by atoms with van der Waals surface area (Å²) in [5, 5.41) is 19.2. The summed E-state index contributed by atoms with van der Waals surface area (Å²) in [5.74, 6) is -0.959. The van der Waals surface area contributed by atoms with Gasteiger partial charge in [-0.1, -0.05) is 0 Å². The molecule has 9 nitrogen and oxygen atoms in total. The molecule has 0 saturated carbocycles. The van der Waals surface area contributed by atoms with E-state index in [1.54, 1.807) is 0 Å². The lowest BCUT2D eigenvalue weighted by Crippen LogP contribution is -2.42. The Kier molecular flexibility index (Phi) is 4.86. The second kappa shape index (κ2) is 6.38. The molecule has 0 spiro atoms. The number of amides is 2. The molecule has 1 rings (SSSR count). The van der Waals surface area contributed by atoms with E-state index in [0.717, 1.165) is 0 Å². The first kappa shape index (κ1) is 14.5. The maximum atomic E-state index is 11.2. The predicted molar refractivity (Wildman–Crippen MR) is 62.7 cm³/mol. The van der Waals surface area contributed by atoms with Gasteiger partial charge in [-0.05, 0) is 12.8 Å². The first-order valence-corrected chi connectivity index (χ1v) is 5.31. The lowest BCUT2D eigenvalue weighted by Gasteiger charge is -2.20. The van der Waals surface area contributed by atoms with Crippen LogP contribution < -0.4 is 5.32 Å². The zero-order valence-electron chi connectivity index (χ0n) is 10.1. The molecule has 0 atom stereocenters. The minimum absolute atomic E-state index is 0.354. The lowest BCUT2D eigenvalue weighted by molar-refractivity contribution is -0.134. The summed E-state index contributed by atoms with van der Waals surface area (Å²) in [5.41, 5.74) is 0.445. The summed E-state index contributed by atoms with van der Waals surface area (Å²) in [7, 11) is 1.21. The van der Waals surface area contributed by atoms with Gasteiger partial charge in [-0.25, -0.2) is 14.4 Å². The summed E-state index contributed by atoms with van der Waals surface area (Å²) in [6.45, 7) is 0.356. The maximum Gasteiger partial charge on any atom is 0.434 e. The van der Waals surface area contributed by atoms with Crippen molar-refractivity contribution in [3.63, 3.8) is 0 Å². The number of carbonyl (C=O) groups is 3. The first-order valence-electron chi connectivity index (χ1n) is 5.31. The minimum atomic E-state index is -1.53. The number of hydrogen-bond donors (Lipinski definition) is 3.